The summed E-state index contributed by atoms with van der Waals surface area (Å²) < 4.78 is 0.746. The molecule has 0 aliphatic carbocycles. The fraction of sp³-hybridized carbons (Fsp3) is 0.667. The Labute approximate surface area is 87.9 Å². The summed E-state index contributed by atoms with van der Waals surface area (Å²) in [6.07, 6.45) is 1.29. The van der Waals surface area contributed by atoms with Crippen molar-refractivity contribution in [3.63, 3.8) is 0 Å². The van der Waals surface area contributed by atoms with Crippen LogP contribution in [0.5, 0.6) is 0 Å². The van der Waals surface area contributed by atoms with E-state index in [4.69, 9.17) is 5.73 Å². The van der Waals surface area contributed by atoms with Crippen LogP contribution in [-0.4, -0.2) is 18.0 Å². The molecule has 0 aliphatic rings. The maximum absolute atomic E-state index is 11.5. The summed E-state index contributed by atoms with van der Waals surface area (Å²) in [6, 6.07) is 0. The van der Waals surface area contributed by atoms with E-state index in [2.05, 4.69) is 27.8 Å². The quantitative estimate of drug-likeness (QED) is 0.776. The monoisotopic (exact) mass is 248 g/mol. The molecule has 4 heteroatoms. The van der Waals surface area contributed by atoms with Gasteiger partial charge in [0.1, 0.15) is 0 Å². The molecule has 0 heterocycles. The molecule has 3 N–H and O–H groups in total. The molecule has 1 amide bonds. The highest BCUT2D eigenvalue weighted by atomic mass is 79.9. The maximum Gasteiger partial charge on any atom is 0.240 e. The third kappa shape index (κ3) is 3.91. The SMILES string of the molecule is C=C(Br)CNC(=O)C(N)(CC)CC. The molecular weight excluding hydrogens is 232 g/mol. The van der Waals surface area contributed by atoms with Gasteiger partial charge in [-0.05, 0) is 12.8 Å². The first-order chi connectivity index (χ1) is 5.96. The molecule has 76 valence electrons. The van der Waals surface area contributed by atoms with Gasteiger partial charge in [0.05, 0.1) is 5.54 Å². The first-order valence-electron chi connectivity index (χ1n) is 4.36. The Balaban J connectivity index is 4.15. The van der Waals surface area contributed by atoms with E-state index in [1.54, 1.807) is 0 Å². The molecular formula is C9H17BrN2O. The summed E-state index contributed by atoms with van der Waals surface area (Å²) in [5.41, 5.74) is 5.14. The smallest absolute Gasteiger partial charge is 0.240 e. The van der Waals surface area contributed by atoms with E-state index >= 15 is 0 Å². The molecule has 0 saturated heterocycles. The highest BCUT2D eigenvalue weighted by molar-refractivity contribution is 9.11. The summed E-state index contributed by atoms with van der Waals surface area (Å²) in [7, 11) is 0. The van der Waals surface area contributed by atoms with Crippen LogP contribution in [0.1, 0.15) is 26.7 Å². The Hall–Kier alpha value is -0.350. The van der Waals surface area contributed by atoms with Gasteiger partial charge in [-0.3, -0.25) is 4.79 Å². The minimum absolute atomic E-state index is 0.113. The zero-order valence-electron chi connectivity index (χ0n) is 8.19. The fourth-order valence-electron chi connectivity index (χ4n) is 0.923. The van der Waals surface area contributed by atoms with Crippen LogP contribution in [0.4, 0.5) is 0 Å². The number of halogens is 1. The predicted octanol–water partition coefficient (Wildman–Crippen LogP) is 1.53. The lowest BCUT2D eigenvalue weighted by Gasteiger charge is -2.24. The number of hydrogen-bond donors (Lipinski definition) is 2. The standard InChI is InChI=1S/C9H17BrN2O/c1-4-9(11,5-2)8(13)12-6-7(3)10/h3-6,11H2,1-2H3,(H,12,13). The van der Waals surface area contributed by atoms with E-state index in [0.29, 0.717) is 19.4 Å². The van der Waals surface area contributed by atoms with Crippen molar-refractivity contribution >= 4 is 21.8 Å². The first kappa shape index (κ1) is 12.7. The molecule has 0 spiro atoms. The summed E-state index contributed by atoms with van der Waals surface area (Å²) in [4.78, 5) is 11.5. The second-order valence-corrected chi connectivity index (χ2v) is 4.18. The van der Waals surface area contributed by atoms with Gasteiger partial charge in [-0.2, -0.15) is 0 Å². The predicted molar refractivity (Wildman–Crippen MR) is 58.6 cm³/mol. The van der Waals surface area contributed by atoms with Crippen molar-refractivity contribution in [3.8, 4) is 0 Å². The van der Waals surface area contributed by atoms with Gasteiger partial charge in [0.15, 0.2) is 0 Å². The maximum atomic E-state index is 11.5. The van der Waals surface area contributed by atoms with Crippen molar-refractivity contribution in [3.05, 3.63) is 11.1 Å². The van der Waals surface area contributed by atoms with Crippen LogP contribution in [0.25, 0.3) is 0 Å². The van der Waals surface area contributed by atoms with Crippen LogP contribution >= 0.6 is 15.9 Å². The minimum atomic E-state index is -0.734. The Bertz CT molecular complexity index is 200. The van der Waals surface area contributed by atoms with Crippen molar-refractivity contribution in [2.75, 3.05) is 6.54 Å². The Morgan fingerprint density at radius 2 is 2.00 bits per heavy atom. The zero-order chi connectivity index (χ0) is 10.5. The van der Waals surface area contributed by atoms with Crippen LogP contribution in [0.3, 0.4) is 0 Å². The molecule has 0 radical (unpaired) electrons. The number of rotatable bonds is 5. The molecule has 0 bridgehead atoms. The van der Waals surface area contributed by atoms with E-state index < -0.39 is 5.54 Å². The zero-order valence-corrected chi connectivity index (χ0v) is 9.78. The topological polar surface area (TPSA) is 55.1 Å². The Morgan fingerprint density at radius 3 is 2.31 bits per heavy atom. The molecule has 0 aromatic rings. The molecule has 0 aliphatic heterocycles. The number of carbonyl (C=O) groups excluding carboxylic acids is 1. The van der Waals surface area contributed by atoms with Crippen LogP contribution < -0.4 is 11.1 Å². The molecule has 0 saturated carbocycles. The number of nitrogens with two attached hydrogens (primary N) is 1. The summed E-state index contributed by atoms with van der Waals surface area (Å²) in [6.45, 7) is 7.87. The number of amides is 1. The van der Waals surface area contributed by atoms with Gasteiger partial charge in [0.25, 0.3) is 0 Å². The molecule has 0 atom stereocenters. The minimum Gasteiger partial charge on any atom is -0.350 e. The van der Waals surface area contributed by atoms with E-state index in [1.165, 1.54) is 0 Å². The van der Waals surface area contributed by atoms with Crippen LogP contribution in [0.2, 0.25) is 0 Å². The van der Waals surface area contributed by atoms with Crippen LogP contribution in [-0.2, 0) is 4.79 Å². The molecule has 0 fully saturated rings. The number of hydrogen-bond acceptors (Lipinski definition) is 2. The lowest BCUT2D eigenvalue weighted by atomic mass is 9.93. The highest BCUT2D eigenvalue weighted by Gasteiger charge is 2.29. The molecule has 0 aromatic heterocycles. The fourth-order valence-corrected chi connectivity index (χ4v) is 1.06. The van der Waals surface area contributed by atoms with Gasteiger partial charge in [-0.15, -0.1) is 0 Å². The second-order valence-electron chi connectivity index (χ2n) is 3.06. The third-order valence-electron chi connectivity index (χ3n) is 2.15. The lowest BCUT2D eigenvalue weighted by molar-refractivity contribution is -0.126. The summed E-state index contributed by atoms with van der Waals surface area (Å²) in [5, 5.41) is 2.71. The first-order valence-corrected chi connectivity index (χ1v) is 5.16. The van der Waals surface area contributed by atoms with Crippen LogP contribution in [0.15, 0.2) is 11.1 Å². The highest BCUT2D eigenvalue weighted by Crippen LogP contribution is 2.11. The molecule has 3 nitrogen and oxygen atoms in total. The van der Waals surface area contributed by atoms with Gasteiger partial charge in [0, 0.05) is 11.0 Å². The molecule has 0 rings (SSSR count). The van der Waals surface area contributed by atoms with Crippen molar-refractivity contribution in [2.45, 2.75) is 32.2 Å². The average molecular weight is 249 g/mol. The van der Waals surface area contributed by atoms with Gasteiger partial charge in [-0.25, -0.2) is 0 Å². The Kier molecular flexibility index (Phi) is 5.25. The number of nitrogens with one attached hydrogen (secondary N) is 1. The van der Waals surface area contributed by atoms with E-state index in [-0.39, 0.29) is 5.91 Å². The van der Waals surface area contributed by atoms with Crippen molar-refractivity contribution in [1.82, 2.24) is 5.32 Å². The van der Waals surface area contributed by atoms with Gasteiger partial charge < -0.3 is 11.1 Å². The van der Waals surface area contributed by atoms with Gasteiger partial charge in [0.2, 0.25) is 5.91 Å². The molecule has 13 heavy (non-hydrogen) atoms. The van der Waals surface area contributed by atoms with E-state index in [1.807, 2.05) is 13.8 Å². The van der Waals surface area contributed by atoms with E-state index in [0.717, 1.165) is 4.48 Å². The lowest BCUT2D eigenvalue weighted by Crippen LogP contribution is -2.53. The second kappa shape index (κ2) is 5.40. The largest absolute Gasteiger partial charge is 0.350 e. The van der Waals surface area contributed by atoms with Gasteiger partial charge in [-0.1, -0.05) is 36.4 Å². The third-order valence-corrected chi connectivity index (χ3v) is 2.44. The molecule has 0 aromatic carbocycles. The Morgan fingerprint density at radius 1 is 1.54 bits per heavy atom. The van der Waals surface area contributed by atoms with E-state index in [9.17, 15) is 4.79 Å². The van der Waals surface area contributed by atoms with Crippen molar-refractivity contribution in [2.24, 2.45) is 5.73 Å². The van der Waals surface area contributed by atoms with Crippen molar-refractivity contribution < 1.29 is 4.79 Å². The normalized spacial score (nSPS) is 11.1. The molecule has 0 unspecified atom stereocenters. The number of carbonyl (C=O) groups is 1. The van der Waals surface area contributed by atoms with Gasteiger partial charge >= 0.3 is 0 Å². The summed E-state index contributed by atoms with van der Waals surface area (Å²) >= 11 is 3.16. The van der Waals surface area contributed by atoms with Crippen LogP contribution in [0, 0.1) is 0 Å². The summed E-state index contributed by atoms with van der Waals surface area (Å²) in [5.74, 6) is -0.113. The van der Waals surface area contributed by atoms with Crippen molar-refractivity contribution in [1.29, 1.82) is 0 Å². The average Bonchev–Trinajstić information content (AvgIpc) is 2.12.